The van der Waals surface area contributed by atoms with E-state index in [2.05, 4.69) is 66.0 Å². The van der Waals surface area contributed by atoms with Gasteiger partial charge >= 0.3 is 0 Å². The number of nitrogens with one attached hydrogen (secondary N) is 1. The van der Waals surface area contributed by atoms with E-state index >= 15 is 0 Å². The molecule has 27 heavy (non-hydrogen) atoms. The van der Waals surface area contributed by atoms with Gasteiger partial charge in [-0.05, 0) is 62.2 Å². The molecular formula is C23H24N4. The van der Waals surface area contributed by atoms with Crippen LogP contribution in [0.5, 0.6) is 0 Å². The molecule has 4 nitrogen and oxygen atoms in total. The Labute approximate surface area is 159 Å². The summed E-state index contributed by atoms with van der Waals surface area (Å²) in [6, 6.07) is 15.4. The second-order valence-corrected chi connectivity index (χ2v) is 7.67. The predicted octanol–water partition coefficient (Wildman–Crippen LogP) is 4.56. The van der Waals surface area contributed by atoms with Gasteiger partial charge in [-0.3, -0.25) is 9.67 Å². The van der Waals surface area contributed by atoms with Crippen molar-refractivity contribution >= 4 is 21.8 Å². The molecule has 0 saturated carbocycles. The summed E-state index contributed by atoms with van der Waals surface area (Å²) in [5, 5.41) is 10.4. The molecule has 3 heterocycles. The van der Waals surface area contributed by atoms with Crippen LogP contribution < -0.4 is 5.32 Å². The summed E-state index contributed by atoms with van der Waals surface area (Å²) in [5.41, 5.74) is 7.04. The van der Waals surface area contributed by atoms with Crippen molar-refractivity contribution in [3.05, 3.63) is 59.9 Å². The quantitative estimate of drug-likeness (QED) is 0.572. The van der Waals surface area contributed by atoms with Gasteiger partial charge in [0.25, 0.3) is 0 Å². The lowest BCUT2D eigenvalue weighted by atomic mass is 9.93. The summed E-state index contributed by atoms with van der Waals surface area (Å²) >= 11 is 0. The monoisotopic (exact) mass is 356 g/mol. The van der Waals surface area contributed by atoms with Crippen molar-refractivity contribution < 1.29 is 0 Å². The Morgan fingerprint density at radius 3 is 2.70 bits per heavy atom. The van der Waals surface area contributed by atoms with E-state index in [1.54, 1.807) is 0 Å². The van der Waals surface area contributed by atoms with Gasteiger partial charge in [-0.25, -0.2) is 0 Å². The Hall–Kier alpha value is -2.72. The summed E-state index contributed by atoms with van der Waals surface area (Å²) in [4.78, 5) is 5.14. The third-order valence-corrected chi connectivity index (χ3v) is 5.72. The minimum absolute atomic E-state index is 0.561. The zero-order valence-corrected chi connectivity index (χ0v) is 15.9. The summed E-state index contributed by atoms with van der Waals surface area (Å²) < 4.78 is 1.89. The first-order valence-corrected chi connectivity index (χ1v) is 9.74. The van der Waals surface area contributed by atoms with E-state index in [-0.39, 0.29) is 0 Å². The Morgan fingerprint density at radius 2 is 1.85 bits per heavy atom. The number of pyridine rings is 1. The second-order valence-electron chi connectivity index (χ2n) is 7.67. The minimum Gasteiger partial charge on any atom is -0.317 e. The Balaban J connectivity index is 1.68. The number of hydrogen-bond acceptors (Lipinski definition) is 3. The number of aryl methyl sites for hydroxylation is 2. The van der Waals surface area contributed by atoms with E-state index in [9.17, 15) is 0 Å². The smallest absolute Gasteiger partial charge is 0.0952 e. The number of fused-ring (bicyclic) bond motifs is 2. The molecule has 1 aliphatic rings. The van der Waals surface area contributed by atoms with Crippen molar-refractivity contribution in [2.45, 2.75) is 25.7 Å². The van der Waals surface area contributed by atoms with Crippen LogP contribution in [0, 0.1) is 6.92 Å². The molecule has 4 heteroatoms. The number of benzene rings is 2. The molecule has 0 atom stereocenters. The van der Waals surface area contributed by atoms with Gasteiger partial charge in [-0.2, -0.15) is 5.10 Å². The van der Waals surface area contributed by atoms with Crippen LogP contribution in [0.3, 0.4) is 0 Å². The van der Waals surface area contributed by atoms with Crippen molar-refractivity contribution in [3.63, 3.8) is 0 Å². The molecule has 0 unspecified atom stereocenters. The van der Waals surface area contributed by atoms with Crippen LogP contribution in [0.4, 0.5) is 0 Å². The molecule has 1 saturated heterocycles. The number of para-hydroxylation sites is 1. The summed E-state index contributed by atoms with van der Waals surface area (Å²) in [6.07, 6.45) is 4.42. The predicted molar refractivity (Wildman–Crippen MR) is 111 cm³/mol. The van der Waals surface area contributed by atoms with Gasteiger partial charge < -0.3 is 5.32 Å². The molecule has 5 rings (SSSR count). The molecule has 0 radical (unpaired) electrons. The fourth-order valence-electron chi connectivity index (χ4n) is 4.33. The van der Waals surface area contributed by atoms with Crippen LogP contribution in [0.25, 0.3) is 32.9 Å². The Kier molecular flexibility index (Phi) is 3.94. The average molecular weight is 356 g/mol. The molecule has 0 aliphatic carbocycles. The van der Waals surface area contributed by atoms with Gasteiger partial charge in [-0.15, -0.1) is 0 Å². The molecule has 0 spiro atoms. The number of piperidine rings is 1. The van der Waals surface area contributed by atoms with Crippen molar-refractivity contribution in [1.82, 2.24) is 20.1 Å². The molecule has 2 aromatic heterocycles. The number of rotatable bonds is 2. The maximum Gasteiger partial charge on any atom is 0.0952 e. The maximum absolute atomic E-state index is 5.14. The lowest BCUT2D eigenvalue weighted by Crippen LogP contribution is -2.27. The lowest BCUT2D eigenvalue weighted by Gasteiger charge is -2.22. The maximum atomic E-state index is 5.14. The van der Waals surface area contributed by atoms with Gasteiger partial charge in [0.1, 0.15) is 0 Å². The fraction of sp³-hybridized carbons (Fsp3) is 0.304. The molecule has 1 N–H and O–H groups in total. The van der Waals surface area contributed by atoms with Crippen molar-refractivity contribution in [3.8, 4) is 11.1 Å². The summed E-state index contributed by atoms with van der Waals surface area (Å²) in [6.45, 7) is 4.31. The van der Waals surface area contributed by atoms with Crippen LogP contribution in [-0.4, -0.2) is 27.9 Å². The van der Waals surface area contributed by atoms with E-state index in [4.69, 9.17) is 4.98 Å². The third-order valence-electron chi connectivity index (χ3n) is 5.72. The van der Waals surface area contributed by atoms with Crippen molar-refractivity contribution in [2.75, 3.05) is 13.1 Å². The first-order valence-electron chi connectivity index (χ1n) is 9.74. The topological polar surface area (TPSA) is 42.7 Å². The zero-order valence-electron chi connectivity index (χ0n) is 15.9. The Morgan fingerprint density at radius 1 is 1.00 bits per heavy atom. The molecule has 4 aromatic rings. The summed E-state index contributed by atoms with van der Waals surface area (Å²) in [5.74, 6) is 0.561. The first kappa shape index (κ1) is 16.5. The van der Waals surface area contributed by atoms with E-state index in [0.29, 0.717) is 5.92 Å². The largest absolute Gasteiger partial charge is 0.317 e. The SMILES string of the molecule is Cc1cc(-c2cccc3ccc(C4CCNCC4)nc23)cc2cn(C)nc12. The van der Waals surface area contributed by atoms with Gasteiger partial charge in [0, 0.05) is 41.2 Å². The van der Waals surface area contributed by atoms with Crippen molar-refractivity contribution in [2.24, 2.45) is 7.05 Å². The molecule has 0 bridgehead atoms. The van der Waals surface area contributed by atoms with Gasteiger partial charge in [-0.1, -0.05) is 24.3 Å². The van der Waals surface area contributed by atoms with Crippen LogP contribution in [-0.2, 0) is 7.05 Å². The van der Waals surface area contributed by atoms with Gasteiger partial charge in [0.2, 0.25) is 0 Å². The van der Waals surface area contributed by atoms with Crippen LogP contribution in [0.1, 0.15) is 30.0 Å². The van der Waals surface area contributed by atoms with Crippen LogP contribution in [0.2, 0.25) is 0 Å². The molecular weight excluding hydrogens is 332 g/mol. The minimum atomic E-state index is 0.561. The second kappa shape index (κ2) is 6.46. The molecule has 1 aliphatic heterocycles. The highest BCUT2D eigenvalue weighted by atomic mass is 15.2. The van der Waals surface area contributed by atoms with E-state index in [0.717, 1.165) is 24.1 Å². The number of nitrogens with zero attached hydrogens (tertiary/aromatic N) is 3. The highest BCUT2D eigenvalue weighted by Crippen LogP contribution is 2.33. The molecule has 1 fully saturated rings. The average Bonchev–Trinajstić information content (AvgIpc) is 3.08. The third kappa shape index (κ3) is 2.90. The Bertz CT molecular complexity index is 1140. The fourth-order valence-corrected chi connectivity index (χ4v) is 4.33. The van der Waals surface area contributed by atoms with Gasteiger partial charge in [0.15, 0.2) is 0 Å². The van der Waals surface area contributed by atoms with E-state index in [1.165, 1.54) is 46.0 Å². The normalized spacial score (nSPS) is 15.6. The van der Waals surface area contributed by atoms with Crippen LogP contribution >= 0.6 is 0 Å². The van der Waals surface area contributed by atoms with Gasteiger partial charge in [0.05, 0.1) is 11.0 Å². The number of aromatic nitrogens is 3. The van der Waals surface area contributed by atoms with Crippen LogP contribution in [0.15, 0.2) is 48.7 Å². The zero-order chi connectivity index (χ0) is 18.4. The van der Waals surface area contributed by atoms with Crippen molar-refractivity contribution in [1.29, 1.82) is 0 Å². The lowest BCUT2D eigenvalue weighted by molar-refractivity contribution is 0.454. The summed E-state index contributed by atoms with van der Waals surface area (Å²) in [7, 11) is 1.98. The van der Waals surface area contributed by atoms with E-state index in [1.807, 2.05) is 11.7 Å². The molecule has 136 valence electrons. The number of hydrogen-bond donors (Lipinski definition) is 1. The molecule has 0 amide bonds. The highest BCUT2D eigenvalue weighted by Gasteiger charge is 2.18. The van der Waals surface area contributed by atoms with E-state index < -0.39 is 0 Å². The standard InChI is InChI=1S/C23H24N4/c1-15-12-18(13-19-14-27(2)26-22(15)19)20-5-3-4-17-6-7-21(25-23(17)20)16-8-10-24-11-9-16/h3-7,12-14,16,24H,8-11H2,1-2H3. The first-order chi connectivity index (χ1) is 13.2. The molecule has 2 aromatic carbocycles. The highest BCUT2D eigenvalue weighted by molar-refractivity contribution is 5.97.